The van der Waals surface area contributed by atoms with Crippen molar-refractivity contribution in [2.45, 2.75) is 19.3 Å². The highest BCUT2D eigenvalue weighted by atomic mass is 16.5. The van der Waals surface area contributed by atoms with Crippen LogP contribution in [0.1, 0.15) is 30.4 Å². The highest BCUT2D eigenvalue weighted by Gasteiger charge is 2.11. The van der Waals surface area contributed by atoms with Crippen molar-refractivity contribution in [1.29, 1.82) is 0 Å². The zero-order valence-electron chi connectivity index (χ0n) is 10.3. The van der Waals surface area contributed by atoms with Gasteiger partial charge >= 0.3 is 0 Å². The van der Waals surface area contributed by atoms with Crippen molar-refractivity contribution in [2.24, 2.45) is 0 Å². The fourth-order valence-electron chi connectivity index (χ4n) is 2.10. The van der Waals surface area contributed by atoms with Gasteiger partial charge in [0, 0.05) is 18.3 Å². The van der Waals surface area contributed by atoms with Crippen LogP contribution < -0.4 is 4.74 Å². The molecule has 1 heterocycles. The molecule has 0 aliphatic heterocycles. The van der Waals surface area contributed by atoms with Gasteiger partial charge in [0.2, 0.25) is 0 Å². The number of methoxy groups -OCH3 is 1. The van der Waals surface area contributed by atoms with Gasteiger partial charge in [-0.3, -0.25) is 4.98 Å². The van der Waals surface area contributed by atoms with Crippen molar-refractivity contribution < 1.29 is 4.74 Å². The van der Waals surface area contributed by atoms with Crippen molar-refractivity contribution in [3.63, 3.8) is 0 Å². The molecule has 1 atom stereocenters. The van der Waals surface area contributed by atoms with E-state index in [1.165, 1.54) is 11.1 Å². The summed E-state index contributed by atoms with van der Waals surface area (Å²) < 4.78 is 5.18. The molecule has 1 unspecified atom stereocenters. The number of rotatable bonds is 4. The summed E-state index contributed by atoms with van der Waals surface area (Å²) in [6, 6.07) is 12.5. The van der Waals surface area contributed by atoms with Crippen LogP contribution in [-0.4, -0.2) is 12.1 Å². The Morgan fingerprint density at radius 3 is 2.12 bits per heavy atom. The second kappa shape index (κ2) is 5.48. The van der Waals surface area contributed by atoms with E-state index in [9.17, 15) is 0 Å². The predicted molar refractivity (Wildman–Crippen MR) is 69.4 cm³/mol. The molecule has 0 bridgehead atoms. The third-order valence-electron chi connectivity index (χ3n) is 3.03. The number of benzene rings is 1. The van der Waals surface area contributed by atoms with Crippen LogP contribution in [0.5, 0.6) is 5.75 Å². The Morgan fingerprint density at radius 1 is 1.00 bits per heavy atom. The first-order valence-electron chi connectivity index (χ1n) is 5.89. The van der Waals surface area contributed by atoms with Crippen molar-refractivity contribution >= 4 is 0 Å². The molecule has 0 saturated heterocycles. The predicted octanol–water partition coefficient (Wildman–Crippen LogP) is 3.63. The quantitative estimate of drug-likeness (QED) is 0.795. The summed E-state index contributed by atoms with van der Waals surface area (Å²) in [4.78, 5) is 4.06. The second-order valence-electron chi connectivity index (χ2n) is 4.01. The van der Waals surface area contributed by atoms with Crippen LogP contribution >= 0.6 is 0 Å². The molecular formula is C15H17NO. The molecule has 17 heavy (non-hydrogen) atoms. The maximum atomic E-state index is 5.18. The minimum Gasteiger partial charge on any atom is -0.497 e. The first-order valence-corrected chi connectivity index (χ1v) is 5.89. The molecule has 2 aromatic rings. The standard InChI is InChI=1S/C15H17NO/c1-3-15(13-8-10-16-11-9-13)12-4-6-14(17-2)7-5-12/h4-11,15H,3H2,1-2H3. The molecule has 0 N–H and O–H groups in total. The van der Waals surface area contributed by atoms with E-state index in [1.54, 1.807) is 7.11 Å². The molecule has 2 rings (SSSR count). The lowest BCUT2D eigenvalue weighted by Gasteiger charge is -2.16. The fraction of sp³-hybridized carbons (Fsp3) is 0.267. The van der Waals surface area contributed by atoms with Gasteiger partial charge in [-0.1, -0.05) is 19.1 Å². The van der Waals surface area contributed by atoms with Gasteiger partial charge < -0.3 is 4.74 Å². The Morgan fingerprint density at radius 2 is 1.59 bits per heavy atom. The Bertz CT molecular complexity index is 450. The zero-order chi connectivity index (χ0) is 12.1. The largest absolute Gasteiger partial charge is 0.497 e. The topological polar surface area (TPSA) is 22.1 Å². The number of nitrogens with zero attached hydrogens (tertiary/aromatic N) is 1. The monoisotopic (exact) mass is 227 g/mol. The lowest BCUT2D eigenvalue weighted by molar-refractivity contribution is 0.414. The van der Waals surface area contributed by atoms with Crippen LogP contribution in [0.3, 0.4) is 0 Å². The lowest BCUT2D eigenvalue weighted by Crippen LogP contribution is -1.99. The lowest BCUT2D eigenvalue weighted by atomic mass is 9.90. The van der Waals surface area contributed by atoms with Crippen LogP contribution in [-0.2, 0) is 0 Å². The Kier molecular flexibility index (Phi) is 3.76. The summed E-state index contributed by atoms with van der Waals surface area (Å²) in [6.07, 6.45) is 4.78. The van der Waals surface area contributed by atoms with Crippen LogP contribution in [0.2, 0.25) is 0 Å². The third kappa shape index (κ3) is 2.64. The Hall–Kier alpha value is -1.83. The number of hydrogen-bond donors (Lipinski definition) is 0. The maximum absolute atomic E-state index is 5.18. The highest BCUT2D eigenvalue weighted by Crippen LogP contribution is 2.28. The molecule has 2 nitrogen and oxygen atoms in total. The number of aromatic nitrogens is 1. The van der Waals surface area contributed by atoms with E-state index in [-0.39, 0.29) is 0 Å². The molecule has 0 spiro atoms. The van der Waals surface area contributed by atoms with E-state index in [1.807, 2.05) is 24.5 Å². The summed E-state index contributed by atoms with van der Waals surface area (Å²) in [7, 11) is 1.69. The molecule has 0 radical (unpaired) electrons. The van der Waals surface area contributed by atoms with Crippen LogP contribution in [0.4, 0.5) is 0 Å². The molecule has 1 aromatic heterocycles. The first-order chi connectivity index (χ1) is 8.35. The van der Waals surface area contributed by atoms with Gasteiger partial charge in [-0.15, -0.1) is 0 Å². The van der Waals surface area contributed by atoms with Crippen molar-refractivity contribution in [1.82, 2.24) is 4.98 Å². The summed E-state index contributed by atoms with van der Waals surface area (Å²) in [5.74, 6) is 1.34. The summed E-state index contributed by atoms with van der Waals surface area (Å²) in [6.45, 7) is 2.20. The average Bonchev–Trinajstić information content (AvgIpc) is 2.42. The molecule has 2 heteroatoms. The van der Waals surface area contributed by atoms with Gasteiger partial charge in [-0.25, -0.2) is 0 Å². The second-order valence-corrected chi connectivity index (χ2v) is 4.01. The summed E-state index contributed by atoms with van der Waals surface area (Å²) in [5, 5.41) is 0. The van der Waals surface area contributed by atoms with Gasteiger partial charge in [0.15, 0.2) is 0 Å². The molecule has 0 fully saturated rings. The molecular weight excluding hydrogens is 210 g/mol. The van der Waals surface area contributed by atoms with E-state index < -0.39 is 0 Å². The van der Waals surface area contributed by atoms with Gasteiger partial charge in [0.25, 0.3) is 0 Å². The molecule has 88 valence electrons. The van der Waals surface area contributed by atoms with Gasteiger partial charge in [0.05, 0.1) is 7.11 Å². The van der Waals surface area contributed by atoms with E-state index >= 15 is 0 Å². The normalized spacial score (nSPS) is 12.1. The summed E-state index contributed by atoms with van der Waals surface area (Å²) in [5.41, 5.74) is 2.63. The van der Waals surface area contributed by atoms with Gasteiger partial charge in [-0.2, -0.15) is 0 Å². The number of pyridine rings is 1. The minimum atomic E-state index is 0.434. The van der Waals surface area contributed by atoms with Crippen molar-refractivity contribution in [3.05, 3.63) is 59.9 Å². The Balaban J connectivity index is 2.29. The SMILES string of the molecule is CCC(c1ccncc1)c1ccc(OC)cc1. The van der Waals surface area contributed by atoms with E-state index in [2.05, 4.69) is 36.2 Å². The van der Waals surface area contributed by atoms with E-state index in [0.29, 0.717) is 5.92 Å². The molecule has 0 saturated carbocycles. The number of ether oxygens (including phenoxy) is 1. The summed E-state index contributed by atoms with van der Waals surface area (Å²) >= 11 is 0. The van der Waals surface area contributed by atoms with Crippen LogP contribution in [0, 0.1) is 0 Å². The third-order valence-corrected chi connectivity index (χ3v) is 3.03. The van der Waals surface area contributed by atoms with Gasteiger partial charge in [0.1, 0.15) is 5.75 Å². The molecule has 0 amide bonds. The van der Waals surface area contributed by atoms with E-state index in [4.69, 9.17) is 4.74 Å². The zero-order valence-corrected chi connectivity index (χ0v) is 10.3. The average molecular weight is 227 g/mol. The Labute approximate surface area is 102 Å². The van der Waals surface area contributed by atoms with E-state index in [0.717, 1.165) is 12.2 Å². The minimum absolute atomic E-state index is 0.434. The molecule has 0 aliphatic carbocycles. The van der Waals surface area contributed by atoms with Crippen molar-refractivity contribution in [3.8, 4) is 5.75 Å². The van der Waals surface area contributed by atoms with Gasteiger partial charge in [-0.05, 0) is 41.8 Å². The van der Waals surface area contributed by atoms with Crippen molar-refractivity contribution in [2.75, 3.05) is 7.11 Å². The first kappa shape index (κ1) is 11.6. The maximum Gasteiger partial charge on any atom is 0.118 e. The highest BCUT2D eigenvalue weighted by molar-refractivity contribution is 5.35. The molecule has 0 aliphatic rings. The number of hydrogen-bond acceptors (Lipinski definition) is 2. The molecule has 1 aromatic carbocycles. The fourth-order valence-corrected chi connectivity index (χ4v) is 2.10. The van der Waals surface area contributed by atoms with Crippen LogP contribution in [0.15, 0.2) is 48.8 Å². The van der Waals surface area contributed by atoms with Crippen LogP contribution in [0.25, 0.3) is 0 Å². The smallest absolute Gasteiger partial charge is 0.118 e.